The third kappa shape index (κ3) is 1.20. The summed E-state index contributed by atoms with van der Waals surface area (Å²) < 4.78 is 0. The maximum Gasteiger partial charge on any atom is 0.0635 e. The molecule has 0 aliphatic heterocycles. The van der Waals surface area contributed by atoms with Crippen molar-refractivity contribution in [3.05, 3.63) is 0 Å². The van der Waals surface area contributed by atoms with Gasteiger partial charge in [0.1, 0.15) is 0 Å². The summed E-state index contributed by atoms with van der Waals surface area (Å²) in [4.78, 5) is 0. The molecule has 0 aromatic heterocycles. The van der Waals surface area contributed by atoms with Crippen LogP contribution in [0.3, 0.4) is 0 Å². The summed E-state index contributed by atoms with van der Waals surface area (Å²) in [6.45, 7) is 1.85. The molecule has 1 aliphatic carbocycles. The van der Waals surface area contributed by atoms with Crippen molar-refractivity contribution in [2.75, 3.05) is 0 Å². The van der Waals surface area contributed by atoms with Gasteiger partial charge in [0.2, 0.25) is 0 Å². The van der Waals surface area contributed by atoms with E-state index in [1.165, 1.54) is 0 Å². The molecule has 8 heavy (non-hydrogen) atoms. The SMILES string of the molecule is C[C@@]1(O)CC[C@H](N)C1. The summed E-state index contributed by atoms with van der Waals surface area (Å²) in [6.07, 6.45) is 2.62. The van der Waals surface area contributed by atoms with Crippen molar-refractivity contribution in [1.29, 1.82) is 0 Å². The van der Waals surface area contributed by atoms with Gasteiger partial charge in [-0.15, -0.1) is 0 Å². The van der Waals surface area contributed by atoms with Crippen LogP contribution >= 0.6 is 0 Å². The number of hydrogen-bond donors (Lipinski definition) is 2. The second-order valence-electron chi connectivity index (χ2n) is 3.00. The van der Waals surface area contributed by atoms with Gasteiger partial charge >= 0.3 is 0 Å². The molecule has 1 rings (SSSR count). The Hall–Kier alpha value is -0.0800. The predicted molar refractivity (Wildman–Crippen MR) is 32.5 cm³/mol. The Morgan fingerprint density at radius 1 is 1.75 bits per heavy atom. The Morgan fingerprint density at radius 3 is 2.50 bits per heavy atom. The number of rotatable bonds is 0. The minimum Gasteiger partial charge on any atom is -0.390 e. The highest BCUT2D eigenvalue weighted by atomic mass is 16.3. The van der Waals surface area contributed by atoms with Gasteiger partial charge < -0.3 is 10.8 Å². The minimum absolute atomic E-state index is 0.241. The van der Waals surface area contributed by atoms with Crippen LogP contribution in [0.5, 0.6) is 0 Å². The number of nitrogens with two attached hydrogens (primary N) is 1. The van der Waals surface area contributed by atoms with Crippen molar-refractivity contribution in [3.8, 4) is 0 Å². The van der Waals surface area contributed by atoms with E-state index >= 15 is 0 Å². The largest absolute Gasteiger partial charge is 0.390 e. The third-order valence-electron chi connectivity index (χ3n) is 1.76. The second-order valence-corrected chi connectivity index (χ2v) is 3.00. The predicted octanol–water partition coefficient (Wildman–Crippen LogP) is 0.249. The quantitative estimate of drug-likeness (QED) is 0.475. The molecule has 0 saturated heterocycles. The molecule has 1 fully saturated rings. The van der Waals surface area contributed by atoms with Crippen LogP contribution in [0.15, 0.2) is 0 Å². The molecule has 0 aromatic rings. The maximum atomic E-state index is 9.28. The average Bonchev–Trinajstić information content (AvgIpc) is 1.82. The topological polar surface area (TPSA) is 46.2 Å². The van der Waals surface area contributed by atoms with Gasteiger partial charge in [0, 0.05) is 6.04 Å². The first-order valence-electron chi connectivity index (χ1n) is 3.08. The number of hydrogen-bond acceptors (Lipinski definition) is 2. The summed E-state index contributed by atoms with van der Waals surface area (Å²) in [5.41, 5.74) is 5.09. The van der Waals surface area contributed by atoms with Crippen molar-refractivity contribution in [2.45, 2.75) is 37.8 Å². The van der Waals surface area contributed by atoms with E-state index in [4.69, 9.17) is 5.73 Å². The van der Waals surface area contributed by atoms with Gasteiger partial charge in [-0.1, -0.05) is 0 Å². The lowest BCUT2D eigenvalue weighted by Crippen LogP contribution is -2.23. The van der Waals surface area contributed by atoms with Crippen molar-refractivity contribution < 1.29 is 5.11 Å². The van der Waals surface area contributed by atoms with E-state index in [9.17, 15) is 5.11 Å². The van der Waals surface area contributed by atoms with Crippen LogP contribution in [0.2, 0.25) is 0 Å². The maximum absolute atomic E-state index is 9.28. The molecule has 0 amide bonds. The molecule has 48 valence electrons. The molecule has 1 aliphatic rings. The molecule has 0 unspecified atom stereocenters. The summed E-state index contributed by atoms with van der Waals surface area (Å²) in [5, 5.41) is 9.28. The average molecular weight is 115 g/mol. The Kier molecular flexibility index (Phi) is 1.29. The molecule has 0 bridgehead atoms. The summed E-state index contributed by atoms with van der Waals surface area (Å²) in [7, 11) is 0. The molecule has 0 aromatic carbocycles. The van der Waals surface area contributed by atoms with E-state index < -0.39 is 5.60 Å². The first-order chi connectivity index (χ1) is 3.60. The highest BCUT2D eigenvalue weighted by Crippen LogP contribution is 2.27. The fourth-order valence-electron chi connectivity index (χ4n) is 1.27. The second kappa shape index (κ2) is 1.71. The first-order valence-corrected chi connectivity index (χ1v) is 3.08. The molecule has 0 radical (unpaired) electrons. The normalized spacial score (nSPS) is 47.6. The molecule has 2 heteroatoms. The standard InChI is InChI=1S/C6H13NO/c1-6(8)3-2-5(7)4-6/h5,8H,2-4,7H2,1H3/t5-,6+/m0/s1. The molecule has 0 heterocycles. The van der Waals surface area contributed by atoms with Crippen molar-refractivity contribution >= 4 is 0 Å². The lowest BCUT2D eigenvalue weighted by molar-refractivity contribution is 0.0667. The van der Waals surface area contributed by atoms with Crippen molar-refractivity contribution in [3.63, 3.8) is 0 Å². The van der Waals surface area contributed by atoms with E-state index in [0.29, 0.717) is 0 Å². The van der Waals surface area contributed by atoms with Crippen LogP contribution < -0.4 is 5.73 Å². The van der Waals surface area contributed by atoms with Crippen LogP contribution in [-0.2, 0) is 0 Å². The van der Waals surface area contributed by atoms with E-state index in [2.05, 4.69) is 0 Å². The van der Waals surface area contributed by atoms with Crippen molar-refractivity contribution in [1.82, 2.24) is 0 Å². The lowest BCUT2D eigenvalue weighted by atomic mass is 10.1. The molecule has 2 atom stereocenters. The van der Waals surface area contributed by atoms with Crippen LogP contribution in [-0.4, -0.2) is 16.7 Å². The Bertz CT molecular complexity index is 90.5. The van der Waals surface area contributed by atoms with Crippen LogP contribution in [0, 0.1) is 0 Å². The van der Waals surface area contributed by atoms with Crippen LogP contribution in [0.1, 0.15) is 26.2 Å². The zero-order valence-corrected chi connectivity index (χ0v) is 5.22. The van der Waals surface area contributed by atoms with E-state index in [-0.39, 0.29) is 6.04 Å². The van der Waals surface area contributed by atoms with E-state index in [0.717, 1.165) is 19.3 Å². The zero-order valence-electron chi connectivity index (χ0n) is 5.22. The highest BCUT2D eigenvalue weighted by Gasteiger charge is 2.30. The Balaban J connectivity index is 2.44. The van der Waals surface area contributed by atoms with Gasteiger partial charge in [-0.25, -0.2) is 0 Å². The van der Waals surface area contributed by atoms with E-state index in [1.807, 2.05) is 6.92 Å². The highest BCUT2D eigenvalue weighted by molar-refractivity contribution is 4.86. The summed E-state index contributed by atoms with van der Waals surface area (Å²) in [6, 6.07) is 0.241. The van der Waals surface area contributed by atoms with Gasteiger partial charge in [0.05, 0.1) is 5.60 Å². The lowest BCUT2D eigenvalue weighted by Gasteiger charge is -2.13. The molecular formula is C6H13NO. The smallest absolute Gasteiger partial charge is 0.0635 e. The van der Waals surface area contributed by atoms with Gasteiger partial charge in [-0.05, 0) is 26.2 Å². The van der Waals surface area contributed by atoms with E-state index in [1.54, 1.807) is 0 Å². The minimum atomic E-state index is -0.459. The van der Waals surface area contributed by atoms with Gasteiger partial charge in [0.25, 0.3) is 0 Å². The fraction of sp³-hybridized carbons (Fsp3) is 1.00. The van der Waals surface area contributed by atoms with Gasteiger partial charge in [0.15, 0.2) is 0 Å². The van der Waals surface area contributed by atoms with Crippen molar-refractivity contribution in [2.24, 2.45) is 5.73 Å². The summed E-state index contributed by atoms with van der Waals surface area (Å²) in [5.74, 6) is 0. The third-order valence-corrected chi connectivity index (χ3v) is 1.76. The van der Waals surface area contributed by atoms with Gasteiger partial charge in [-0.3, -0.25) is 0 Å². The number of aliphatic hydroxyl groups is 1. The monoisotopic (exact) mass is 115 g/mol. The molecule has 2 nitrogen and oxygen atoms in total. The van der Waals surface area contributed by atoms with Crippen LogP contribution in [0.25, 0.3) is 0 Å². The van der Waals surface area contributed by atoms with Gasteiger partial charge in [-0.2, -0.15) is 0 Å². The Morgan fingerprint density at radius 2 is 2.38 bits per heavy atom. The first kappa shape index (κ1) is 6.05. The Labute approximate surface area is 49.7 Å². The molecule has 3 N–H and O–H groups in total. The zero-order chi connectivity index (χ0) is 6.20. The fourth-order valence-corrected chi connectivity index (χ4v) is 1.27. The van der Waals surface area contributed by atoms with Crippen LogP contribution in [0.4, 0.5) is 0 Å². The molecular weight excluding hydrogens is 102 g/mol. The summed E-state index contributed by atoms with van der Waals surface area (Å²) >= 11 is 0. The molecule has 1 saturated carbocycles. The molecule has 0 spiro atoms.